The molecule has 0 aliphatic carbocycles. The van der Waals surface area contributed by atoms with Crippen LogP contribution in [0, 0.1) is 0 Å². The number of pyridine rings is 1. The molecule has 0 aromatic carbocycles. The minimum absolute atomic E-state index is 0. The molecule has 2 aromatic heterocycles. The van der Waals surface area contributed by atoms with Crippen LogP contribution < -0.4 is 15.5 Å². The molecule has 0 amide bonds. The van der Waals surface area contributed by atoms with Crippen molar-refractivity contribution in [3.05, 3.63) is 48.4 Å². The quantitative estimate of drug-likeness (QED) is 0.349. The molecule has 6 nitrogen and oxygen atoms in total. The summed E-state index contributed by atoms with van der Waals surface area (Å²) in [6.07, 6.45) is 11.3. The van der Waals surface area contributed by atoms with Crippen LogP contribution >= 0.6 is 24.0 Å². The van der Waals surface area contributed by atoms with E-state index in [-0.39, 0.29) is 24.0 Å². The fourth-order valence-electron chi connectivity index (χ4n) is 3.37. The second-order valence-corrected chi connectivity index (χ2v) is 6.97. The van der Waals surface area contributed by atoms with Gasteiger partial charge >= 0.3 is 0 Å². The number of guanidine groups is 1. The molecule has 2 aromatic rings. The molecule has 0 bridgehead atoms. The van der Waals surface area contributed by atoms with Gasteiger partial charge in [0.15, 0.2) is 5.96 Å². The Bertz CT molecular complexity index is 693. The van der Waals surface area contributed by atoms with Crippen molar-refractivity contribution in [1.29, 1.82) is 0 Å². The zero-order valence-corrected chi connectivity index (χ0v) is 19.1. The van der Waals surface area contributed by atoms with E-state index >= 15 is 0 Å². The first-order valence-corrected chi connectivity index (χ1v) is 10.2. The third-order valence-electron chi connectivity index (χ3n) is 4.83. The standard InChI is InChI=1S/C21H32N6.HI/c1-2-22-21(24-11-16-26-12-7-8-13-26)25-18-19-9-10-23-20(17-19)27-14-5-3-4-6-15-27;/h7-10,12-13,17H,2-6,11,14-16,18H2,1H3,(H2,22,24,25);1H. The van der Waals surface area contributed by atoms with Crippen molar-refractivity contribution in [2.75, 3.05) is 31.1 Å². The first-order valence-electron chi connectivity index (χ1n) is 10.2. The molecule has 0 unspecified atom stereocenters. The van der Waals surface area contributed by atoms with Crippen LogP contribution in [0.1, 0.15) is 38.2 Å². The summed E-state index contributed by atoms with van der Waals surface area (Å²) >= 11 is 0. The summed E-state index contributed by atoms with van der Waals surface area (Å²) in [6.45, 7) is 7.59. The van der Waals surface area contributed by atoms with E-state index in [9.17, 15) is 0 Å². The molecule has 154 valence electrons. The number of hydrogen-bond donors (Lipinski definition) is 2. The summed E-state index contributed by atoms with van der Waals surface area (Å²) < 4.78 is 2.16. The third kappa shape index (κ3) is 7.33. The molecule has 2 N–H and O–H groups in total. The Balaban J connectivity index is 0.00000280. The van der Waals surface area contributed by atoms with Gasteiger partial charge < -0.3 is 20.1 Å². The van der Waals surface area contributed by atoms with Gasteiger partial charge in [0.1, 0.15) is 5.82 Å². The summed E-state index contributed by atoms with van der Waals surface area (Å²) in [5.74, 6) is 1.95. The Kier molecular flexibility index (Phi) is 10.2. The Morgan fingerprint density at radius 2 is 1.86 bits per heavy atom. The van der Waals surface area contributed by atoms with Gasteiger partial charge in [-0.1, -0.05) is 12.8 Å². The maximum absolute atomic E-state index is 4.75. The Morgan fingerprint density at radius 3 is 2.57 bits per heavy atom. The number of rotatable bonds is 7. The number of halogens is 1. The molecule has 0 saturated carbocycles. The van der Waals surface area contributed by atoms with Gasteiger partial charge in [-0.05, 0) is 49.6 Å². The Labute approximate surface area is 185 Å². The van der Waals surface area contributed by atoms with Crippen LogP contribution in [0.25, 0.3) is 0 Å². The van der Waals surface area contributed by atoms with Gasteiger partial charge in [-0.2, -0.15) is 0 Å². The zero-order chi connectivity index (χ0) is 18.7. The second kappa shape index (κ2) is 12.6. The highest BCUT2D eigenvalue weighted by Gasteiger charge is 2.11. The lowest BCUT2D eigenvalue weighted by atomic mass is 10.2. The molecule has 1 aliphatic heterocycles. The summed E-state index contributed by atoms with van der Waals surface area (Å²) in [6, 6.07) is 8.35. The van der Waals surface area contributed by atoms with Gasteiger partial charge in [-0.15, -0.1) is 24.0 Å². The Morgan fingerprint density at radius 1 is 1.11 bits per heavy atom. The first kappa shape index (κ1) is 22.5. The van der Waals surface area contributed by atoms with Crippen molar-refractivity contribution >= 4 is 35.8 Å². The lowest BCUT2D eigenvalue weighted by Gasteiger charge is -2.21. The first-order chi connectivity index (χ1) is 13.3. The summed E-state index contributed by atoms with van der Waals surface area (Å²) in [5.41, 5.74) is 1.20. The van der Waals surface area contributed by atoms with Gasteiger partial charge in [0.2, 0.25) is 0 Å². The fraction of sp³-hybridized carbons (Fsp3) is 0.524. The minimum Gasteiger partial charge on any atom is -0.357 e. The average molecular weight is 496 g/mol. The second-order valence-electron chi connectivity index (χ2n) is 6.97. The predicted octanol–water partition coefficient (Wildman–Crippen LogP) is 3.64. The van der Waals surface area contributed by atoms with Gasteiger partial charge in [-0.3, -0.25) is 0 Å². The summed E-state index contributed by atoms with van der Waals surface area (Å²) in [4.78, 5) is 11.8. The van der Waals surface area contributed by atoms with Crippen LogP contribution in [0.4, 0.5) is 5.82 Å². The maximum Gasteiger partial charge on any atom is 0.191 e. The summed E-state index contributed by atoms with van der Waals surface area (Å²) in [5, 5.41) is 6.73. The normalized spacial score (nSPS) is 14.9. The van der Waals surface area contributed by atoms with E-state index in [0.717, 1.165) is 44.5 Å². The van der Waals surface area contributed by atoms with Crippen LogP contribution in [-0.2, 0) is 13.1 Å². The fourth-order valence-corrected chi connectivity index (χ4v) is 3.37. The maximum atomic E-state index is 4.75. The molecule has 3 heterocycles. The molecular weight excluding hydrogens is 463 g/mol. The smallest absolute Gasteiger partial charge is 0.191 e. The van der Waals surface area contributed by atoms with Gasteiger partial charge in [-0.25, -0.2) is 9.98 Å². The van der Waals surface area contributed by atoms with Crippen molar-refractivity contribution in [2.45, 2.75) is 45.7 Å². The highest BCUT2D eigenvalue weighted by Crippen LogP contribution is 2.18. The van der Waals surface area contributed by atoms with E-state index in [0.29, 0.717) is 6.54 Å². The van der Waals surface area contributed by atoms with E-state index in [1.807, 2.05) is 18.3 Å². The van der Waals surface area contributed by atoms with Crippen molar-refractivity contribution in [1.82, 2.24) is 20.2 Å². The number of nitrogens with one attached hydrogen (secondary N) is 2. The molecule has 3 rings (SSSR count). The highest BCUT2D eigenvalue weighted by atomic mass is 127. The minimum atomic E-state index is 0. The largest absolute Gasteiger partial charge is 0.357 e. The van der Waals surface area contributed by atoms with Crippen molar-refractivity contribution in [3.63, 3.8) is 0 Å². The van der Waals surface area contributed by atoms with E-state index in [4.69, 9.17) is 4.99 Å². The van der Waals surface area contributed by atoms with Crippen molar-refractivity contribution in [3.8, 4) is 0 Å². The SMILES string of the molecule is CCNC(=NCc1ccnc(N2CCCCCC2)c1)NCCn1cccc1.I. The third-order valence-corrected chi connectivity index (χ3v) is 4.83. The lowest BCUT2D eigenvalue weighted by Crippen LogP contribution is -2.38. The molecule has 28 heavy (non-hydrogen) atoms. The molecule has 0 spiro atoms. The molecule has 1 aliphatic rings. The average Bonchev–Trinajstić information content (AvgIpc) is 3.06. The molecule has 1 fully saturated rings. The van der Waals surface area contributed by atoms with Crippen LogP contribution in [-0.4, -0.2) is 41.7 Å². The van der Waals surface area contributed by atoms with Crippen LogP contribution in [0.3, 0.4) is 0 Å². The number of aliphatic imine (C=N–C) groups is 1. The van der Waals surface area contributed by atoms with Gasteiger partial charge in [0.25, 0.3) is 0 Å². The topological polar surface area (TPSA) is 57.5 Å². The Hall–Kier alpha value is -1.77. The molecule has 0 radical (unpaired) electrons. The van der Waals surface area contributed by atoms with E-state index < -0.39 is 0 Å². The van der Waals surface area contributed by atoms with Gasteiger partial charge in [0, 0.05) is 51.3 Å². The van der Waals surface area contributed by atoms with Crippen LogP contribution in [0.5, 0.6) is 0 Å². The lowest BCUT2D eigenvalue weighted by molar-refractivity contribution is 0.665. The van der Waals surface area contributed by atoms with Gasteiger partial charge in [0.05, 0.1) is 6.54 Å². The summed E-state index contributed by atoms with van der Waals surface area (Å²) in [7, 11) is 0. The predicted molar refractivity (Wildman–Crippen MR) is 128 cm³/mol. The van der Waals surface area contributed by atoms with Crippen molar-refractivity contribution in [2.24, 2.45) is 4.99 Å². The molecule has 0 atom stereocenters. The van der Waals surface area contributed by atoms with Crippen LogP contribution in [0.15, 0.2) is 47.8 Å². The molecule has 7 heteroatoms. The number of hydrogen-bond acceptors (Lipinski definition) is 3. The van der Waals surface area contributed by atoms with E-state index in [2.05, 4.69) is 56.5 Å². The monoisotopic (exact) mass is 496 g/mol. The molecule has 1 saturated heterocycles. The van der Waals surface area contributed by atoms with E-state index in [1.54, 1.807) is 0 Å². The highest BCUT2D eigenvalue weighted by molar-refractivity contribution is 14.0. The zero-order valence-electron chi connectivity index (χ0n) is 16.8. The number of aromatic nitrogens is 2. The molecular formula is C21H33IN6. The van der Waals surface area contributed by atoms with Crippen molar-refractivity contribution < 1.29 is 0 Å². The van der Waals surface area contributed by atoms with E-state index in [1.165, 1.54) is 31.2 Å². The number of nitrogens with zero attached hydrogens (tertiary/aromatic N) is 4. The number of anilines is 1. The van der Waals surface area contributed by atoms with Crippen LogP contribution in [0.2, 0.25) is 0 Å².